The minimum Gasteiger partial charge on any atom is -0.496 e. The first-order chi connectivity index (χ1) is 14.4. The molecule has 1 amide bonds. The van der Waals surface area contributed by atoms with E-state index in [1.807, 2.05) is 25.1 Å². The molecule has 6 nitrogen and oxygen atoms in total. The molecule has 0 bridgehead atoms. The Balaban J connectivity index is 1.44. The van der Waals surface area contributed by atoms with Crippen LogP contribution < -0.4 is 15.6 Å². The van der Waals surface area contributed by atoms with Crippen LogP contribution in [0.3, 0.4) is 0 Å². The summed E-state index contributed by atoms with van der Waals surface area (Å²) in [7, 11) is 1.61. The molecule has 1 aromatic heterocycles. The lowest BCUT2D eigenvalue weighted by Crippen LogP contribution is -2.31. The third kappa shape index (κ3) is 3.72. The zero-order valence-electron chi connectivity index (χ0n) is 17.4. The third-order valence-electron chi connectivity index (χ3n) is 6.09. The lowest BCUT2D eigenvalue weighted by atomic mass is 9.85. The number of hydrogen-bond donors (Lipinski definition) is 2. The number of carbonyl (C=O) groups is 1. The van der Waals surface area contributed by atoms with E-state index < -0.39 is 5.82 Å². The van der Waals surface area contributed by atoms with Crippen molar-refractivity contribution >= 4 is 22.5 Å². The maximum absolute atomic E-state index is 13.7. The molecule has 0 saturated heterocycles. The van der Waals surface area contributed by atoms with E-state index in [1.54, 1.807) is 18.7 Å². The van der Waals surface area contributed by atoms with E-state index in [4.69, 9.17) is 4.74 Å². The second kappa shape index (κ2) is 7.97. The first-order valence-electron chi connectivity index (χ1n) is 10.2. The number of nitrogens with zero attached hydrogens (tertiary/aromatic N) is 1. The van der Waals surface area contributed by atoms with Crippen LogP contribution in [0.5, 0.6) is 5.75 Å². The highest BCUT2D eigenvalue weighted by Crippen LogP contribution is 2.33. The molecule has 2 N–H and O–H groups in total. The molecule has 2 aromatic carbocycles. The van der Waals surface area contributed by atoms with E-state index in [-0.39, 0.29) is 23.4 Å². The molecule has 0 atom stereocenters. The van der Waals surface area contributed by atoms with Crippen molar-refractivity contribution in [2.45, 2.75) is 45.6 Å². The predicted octanol–water partition coefficient (Wildman–Crippen LogP) is 4.46. The van der Waals surface area contributed by atoms with Crippen LogP contribution in [0.15, 0.2) is 35.1 Å². The van der Waals surface area contributed by atoms with Gasteiger partial charge >= 0.3 is 0 Å². The molecule has 1 aliphatic carbocycles. The van der Waals surface area contributed by atoms with E-state index in [0.29, 0.717) is 47.8 Å². The van der Waals surface area contributed by atoms with Gasteiger partial charge in [-0.05, 0) is 68.9 Å². The molecule has 1 heterocycles. The monoisotopic (exact) mass is 411 g/mol. The Hall–Kier alpha value is -3.09. The van der Waals surface area contributed by atoms with Gasteiger partial charge in [0, 0.05) is 17.7 Å². The van der Waals surface area contributed by atoms with Crippen LogP contribution in [-0.2, 0) is 4.79 Å². The number of amides is 1. The number of anilines is 1. The van der Waals surface area contributed by atoms with Gasteiger partial charge in [0.15, 0.2) is 0 Å². The zero-order valence-corrected chi connectivity index (χ0v) is 17.4. The maximum Gasteiger partial charge on any atom is 0.274 e. The Kier molecular flexibility index (Phi) is 5.37. The summed E-state index contributed by atoms with van der Waals surface area (Å²) in [6.45, 7) is 3.74. The Labute approximate surface area is 174 Å². The van der Waals surface area contributed by atoms with E-state index in [0.717, 1.165) is 11.3 Å². The number of fused-ring (bicyclic) bond motifs is 1. The number of H-pyrrole nitrogens is 1. The molecule has 0 spiro atoms. The van der Waals surface area contributed by atoms with Crippen molar-refractivity contribution in [2.24, 2.45) is 5.92 Å². The molecule has 158 valence electrons. The molecule has 1 fully saturated rings. The molecular weight excluding hydrogens is 385 g/mol. The second-order valence-electron chi connectivity index (χ2n) is 8.11. The molecule has 0 radical (unpaired) electrons. The van der Waals surface area contributed by atoms with E-state index >= 15 is 0 Å². The predicted molar refractivity (Wildman–Crippen MR) is 115 cm³/mol. The van der Waals surface area contributed by atoms with Crippen LogP contribution in [0.25, 0.3) is 10.9 Å². The summed E-state index contributed by atoms with van der Waals surface area (Å²) >= 11 is 0. The van der Waals surface area contributed by atoms with Crippen LogP contribution in [0, 0.1) is 25.6 Å². The highest BCUT2D eigenvalue weighted by Gasteiger charge is 2.29. The Morgan fingerprint density at radius 3 is 2.57 bits per heavy atom. The Morgan fingerprint density at radius 1 is 1.13 bits per heavy atom. The minimum absolute atomic E-state index is 0.0127. The lowest BCUT2D eigenvalue weighted by molar-refractivity contribution is -0.121. The van der Waals surface area contributed by atoms with Gasteiger partial charge in [-0.3, -0.25) is 14.7 Å². The van der Waals surface area contributed by atoms with Crippen molar-refractivity contribution in [3.05, 3.63) is 57.6 Å². The Bertz CT molecular complexity index is 1160. The third-order valence-corrected chi connectivity index (χ3v) is 6.09. The number of nitrogens with one attached hydrogen (secondary N) is 2. The van der Waals surface area contributed by atoms with Crippen molar-refractivity contribution in [1.82, 2.24) is 9.78 Å². The molecule has 0 unspecified atom stereocenters. The number of aromatic amines is 1. The number of methoxy groups -OCH3 is 1. The van der Waals surface area contributed by atoms with Crippen LogP contribution >= 0.6 is 0 Å². The number of benzene rings is 2. The fourth-order valence-electron chi connectivity index (χ4n) is 4.36. The lowest BCUT2D eigenvalue weighted by Gasteiger charge is -2.28. The number of aromatic nitrogens is 2. The fraction of sp³-hybridized carbons (Fsp3) is 0.391. The highest BCUT2D eigenvalue weighted by molar-refractivity contribution is 5.92. The van der Waals surface area contributed by atoms with E-state index in [1.165, 1.54) is 12.1 Å². The molecule has 1 saturated carbocycles. The summed E-state index contributed by atoms with van der Waals surface area (Å²) in [5.41, 5.74) is 2.91. The van der Waals surface area contributed by atoms with E-state index in [2.05, 4.69) is 10.4 Å². The van der Waals surface area contributed by atoms with Crippen molar-refractivity contribution in [3.8, 4) is 5.75 Å². The summed E-state index contributed by atoms with van der Waals surface area (Å²) in [5, 5.41) is 6.51. The largest absolute Gasteiger partial charge is 0.496 e. The number of ether oxygens (including phenoxy) is 1. The fourth-order valence-corrected chi connectivity index (χ4v) is 4.36. The maximum atomic E-state index is 13.7. The topological polar surface area (TPSA) is 76.1 Å². The van der Waals surface area contributed by atoms with Gasteiger partial charge in [-0.15, -0.1) is 0 Å². The summed E-state index contributed by atoms with van der Waals surface area (Å²) < 4.78 is 20.6. The van der Waals surface area contributed by atoms with Crippen molar-refractivity contribution in [2.75, 3.05) is 12.4 Å². The molecule has 4 rings (SSSR count). The first-order valence-corrected chi connectivity index (χ1v) is 10.2. The zero-order chi connectivity index (χ0) is 21.4. The second-order valence-corrected chi connectivity index (χ2v) is 8.11. The van der Waals surface area contributed by atoms with Gasteiger partial charge in [0.25, 0.3) is 5.56 Å². The highest BCUT2D eigenvalue weighted by atomic mass is 19.1. The molecule has 0 aliphatic heterocycles. The summed E-state index contributed by atoms with van der Waals surface area (Å²) in [4.78, 5) is 25.5. The van der Waals surface area contributed by atoms with Gasteiger partial charge in [0.1, 0.15) is 11.6 Å². The number of carbonyl (C=O) groups excluding carboxylic acids is 1. The number of hydrogen-bond acceptors (Lipinski definition) is 3. The smallest absolute Gasteiger partial charge is 0.274 e. The van der Waals surface area contributed by atoms with Crippen LogP contribution in [-0.4, -0.2) is 22.8 Å². The SMILES string of the molecule is COc1cc(NC(=O)C2CCC(n3[nH]c4c(C)cc(F)cc4c3=O)CC2)ccc1C. The van der Waals surface area contributed by atoms with Crippen molar-refractivity contribution < 1.29 is 13.9 Å². The number of halogens is 1. The molecule has 7 heteroatoms. The number of rotatable bonds is 4. The van der Waals surface area contributed by atoms with Gasteiger partial charge < -0.3 is 10.1 Å². The van der Waals surface area contributed by atoms with Crippen LogP contribution in [0.4, 0.5) is 10.1 Å². The van der Waals surface area contributed by atoms with Crippen molar-refractivity contribution in [1.29, 1.82) is 0 Å². The average Bonchev–Trinajstić information content (AvgIpc) is 3.06. The van der Waals surface area contributed by atoms with Gasteiger partial charge in [-0.1, -0.05) is 6.07 Å². The molecular formula is C23H26FN3O3. The van der Waals surface area contributed by atoms with Gasteiger partial charge in [-0.25, -0.2) is 9.07 Å². The Morgan fingerprint density at radius 2 is 1.87 bits per heavy atom. The van der Waals surface area contributed by atoms with E-state index in [9.17, 15) is 14.0 Å². The van der Waals surface area contributed by atoms with Crippen LogP contribution in [0.1, 0.15) is 42.9 Å². The van der Waals surface area contributed by atoms with Gasteiger partial charge in [-0.2, -0.15) is 0 Å². The molecule has 1 aliphatic rings. The van der Waals surface area contributed by atoms with Gasteiger partial charge in [0.2, 0.25) is 5.91 Å². The number of aryl methyl sites for hydroxylation is 2. The summed E-state index contributed by atoms with van der Waals surface area (Å²) in [5.74, 6) is 0.215. The molecule has 30 heavy (non-hydrogen) atoms. The average molecular weight is 411 g/mol. The minimum atomic E-state index is -0.406. The summed E-state index contributed by atoms with van der Waals surface area (Å²) in [6.07, 6.45) is 2.80. The quantitative estimate of drug-likeness (QED) is 0.665. The van der Waals surface area contributed by atoms with Crippen LogP contribution in [0.2, 0.25) is 0 Å². The molecule has 3 aromatic rings. The normalized spacial score (nSPS) is 19.1. The standard InChI is InChI=1S/C23H26FN3O3/c1-13-4-7-17(12-20(13)30-3)25-22(28)15-5-8-18(9-6-15)27-23(29)19-11-16(24)10-14(2)21(19)26-27/h4,7,10-12,15,18,26H,5-6,8-9H2,1-3H3,(H,25,28). The van der Waals surface area contributed by atoms with Gasteiger partial charge in [0.05, 0.1) is 24.1 Å². The van der Waals surface area contributed by atoms with Crippen molar-refractivity contribution in [3.63, 3.8) is 0 Å². The first kappa shape index (κ1) is 20.2. The summed E-state index contributed by atoms with van der Waals surface area (Å²) in [6, 6.07) is 8.29.